The summed E-state index contributed by atoms with van der Waals surface area (Å²) in [4.78, 5) is 23.3. The highest BCUT2D eigenvalue weighted by Crippen LogP contribution is 2.12. The van der Waals surface area contributed by atoms with E-state index in [2.05, 4.69) is 10.9 Å². The molecule has 7 nitrogen and oxygen atoms in total. The van der Waals surface area contributed by atoms with Crippen molar-refractivity contribution in [3.63, 3.8) is 0 Å². The summed E-state index contributed by atoms with van der Waals surface area (Å²) in [6.07, 6.45) is 2.90. The molecular formula is C19H17N3O4. The quantitative estimate of drug-likeness (QED) is 0.611. The number of ether oxygens (including phenoxy) is 2. The molecule has 0 bridgehead atoms. The summed E-state index contributed by atoms with van der Waals surface area (Å²) < 4.78 is 10.3. The van der Waals surface area contributed by atoms with E-state index in [1.165, 1.54) is 6.08 Å². The van der Waals surface area contributed by atoms with Gasteiger partial charge in [-0.2, -0.15) is 5.26 Å². The van der Waals surface area contributed by atoms with E-state index < -0.39 is 11.8 Å². The van der Waals surface area contributed by atoms with E-state index in [-0.39, 0.29) is 6.61 Å². The Balaban J connectivity index is 1.72. The highest BCUT2D eigenvalue weighted by molar-refractivity contribution is 5.93. The summed E-state index contributed by atoms with van der Waals surface area (Å²) in [5.74, 6) is 0.180. The predicted molar refractivity (Wildman–Crippen MR) is 95.0 cm³/mol. The van der Waals surface area contributed by atoms with E-state index in [1.807, 2.05) is 6.07 Å². The monoisotopic (exact) mass is 351 g/mol. The number of nitrogens with zero attached hydrogens (tertiary/aromatic N) is 1. The molecule has 0 saturated carbocycles. The van der Waals surface area contributed by atoms with Crippen molar-refractivity contribution in [2.24, 2.45) is 0 Å². The summed E-state index contributed by atoms with van der Waals surface area (Å²) >= 11 is 0. The molecule has 0 aliphatic carbocycles. The summed E-state index contributed by atoms with van der Waals surface area (Å²) in [5, 5.41) is 8.70. The van der Waals surface area contributed by atoms with Gasteiger partial charge in [0.05, 0.1) is 18.7 Å². The number of hydrazine groups is 1. The average molecular weight is 351 g/mol. The summed E-state index contributed by atoms with van der Waals surface area (Å²) in [7, 11) is 1.58. The SMILES string of the molecule is COc1ccc(/C=C/C(=O)NNC(=O)COc2ccc(C#N)cc2)cc1. The van der Waals surface area contributed by atoms with E-state index in [4.69, 9.17) is 14.7 Å². The van der Waals surface area contributed by atoms with Crippen LogP contribution in [0.2, 0.25) is 0 Å². The molecule has 2 aromatic rings. The molecule has 0 saturated heterocycles. The smallest absolute Gasteiger partial charge is 0.276 e. The molecule has 2 amide bonds. The molecule has 2 aromatic carbocycles. The Morgan fingerprint density at radius 1 is 1.04 bits per heavy atom. The average Bonchev–Trinajstić information content (AvgIpc) is 2.69. The fraction of sp³-hybridized carbons (Fsp3) is 0.105. The zero-order chi connectivity index (χ0) is 18.8. The van der Waals surface area contributed by atoms with Gasteiger partial charge in [-0.15, -0.1) is 0 Å². The van der Waals surface area contributed by atoms with Crippen LogP contribution in [0.5, 0.6) is 11.5 Å². The number of hydrogen-bond acceptors (Lipinski definition) is 5. The Bertz CT molecular complexity index is 821. The maximum atomic E-state index is 11.7. The molecular weight excluding hydrogens is 334 g/mol. The molecule has 0 fully saturated rings. The van der Waals surface area contributed by atoms with Crippen molar-refractivity contribution in [1.82, 2.24) is 10.9 Å². The van der Waals surface area contributed by atoms with Crippen LogP contribution in [-0.4, -0.2) is 25.5 Å². The number of rotatable bonds is 6. The van der Waals surface area contributed by atoms with Crippen molar-refractivity contribution in [2.45, 2.75) is 0 Å². The zero-order valence-corrected chi connectivity index (χ0v) is 14.1. The van der Waals surface area contributed by atoms with Crippen molar-refractivity contribution in [3.05, 3.63) is 65.7 Å². The van der Waals surface area contributed by atoms with Gasteiger partial charge < -0.3 is 9.47 Å². The Labute approximate surface area is 150 Å². The molecule has 0 spiro atoms. The van der Waals surface area contributed by atoms with Gasteiger partial charge in [0.2, 0.25) is 0 Å². The molecule has 0 aliphatic heterocycles. The van der Waals surface area contributed by atoms with Crippen LogP contribution in [0, 0.1) is 11.3 Å². The molecule has 7 heteroatoms. The zero-order valence-electron chi connectivity index (χ0n) is 14.1. The van der Waals surface area contributed by atoms with Crippen molar-refractivity contribution in [2.75, 3.05) is 13.7 Å². The Hall–Kier alpha value is -3.79. The van der Waals surface area contributed by atoms with Crippen LogP contribution >= 0.6 is 0 Å². The van der Waals surface area contributed by atoms with Gasteiger partial charge in [-0.05, 0) is 48.0 Å². The molecule has 26 heavy (non-hydrogen) atoms. The number of carbonyl (C=O) groups is 2. The molecule has 0 atom stereocenters. The first-order chi connectivity index (χ1) is 12.6. The van der Waals surface area contributed by atoms with Crippen molar-refractivity contribution in [1.29, 1.82) is 5.26 Å². The lowest BCUT2D eigenvalue weighted by molar-refractivity contribution is -0.128. The fourth-order valence-corrected chi connectivity index (χ4v) is 1.87. The van der Waals surface area contributed by atoms with Crippen molar-refractivity contribution >= 4 is 17.9 Å². The molecule has 0 heterocycles. The number of hydrogen-bond donors (Lipinski definition) is 2. The normalized spacial score (nSPS) is 10.0. The number of nitrogens with one attached hydrogen (secondary N) is 2. The van der Waals surface area contributed by atoms with Crippen LogP contribution in [0.15, 0.2) is 54.6 Å². The van der Waals surface area contributed by atoms with E-state index in [1.54, 1.807) is 61.7 Å². The van der Waals surface area contributed by atoms with Crippen LogP contribution < -0.4 is 20.3 Å². The third-order valence-corrected chi connectivity index (χ3v) is 3.22. The van der Waals surface area contributed by atoms with Gasteiger partial charge in [0.1, 0.15) is 11.5 Å². The topological polar surface area (TPSA) is 100 Å². The third kappa shape index (κ3) is 6.02. The lowest BCUT2D eigenvalue weighted by atomic mass is 10.2. The first-order valence-electron chi connectivity index (χ1n) is 7.64. The summed E-state index contributed by atoms with van der Waals surface area (Å²) in [6, 6.07) is 15.5. The first kappa shape index (κ1) is 18.5. The van der Waals surface area contributed by atoms with Gasteiger partial charge in [0, 0.05) is 6.08 Å². The van der Waals surface area contributed by atoms with E-state index >= 15 is 0 Å². The van der Waals surface area contributed by atoms with Crippen molar-refractivity contribution in [3.8, 4) is 17.6 Å². The van der Waals surface area contributed by atoms with Crippen LogP contribution in [0.25, 0.3) is 6.08 Å². The molecule has 0 radical (unpaired) electrons. The van der Waals surface area contributed by atoms with Gasteiger partial charge in [-0.25, -0.2) is 0 Å². The minimum Gasteiger partial charge on any atom is -0.497 e. The van der Waals surface area contributed by atoms with Crippen LogP contribution in [0.4, 0.5) is 0 Å². The number of nitriles is 1. The summed E-state index contributed by atoms with van der Waals surface area (Å²) in [5.41, 5.74) is 5.81. The standard InChI is InChI=1S/C19H17N3O4/c1-25-16-7-2-14(3-8-16)6-11-18(23)21-22-19(24)13-26-17-9-4-15(12-20)5-10-17/h2-11H,13H2,1H3,(H,21,23)(H,22,24)/b11-6+. The molecule has 0 aromatic heterocycles. The lowest BCUT2D eigenvalue weighted by Crippen LogP contribution is -2.43. The van der Waals surface area contributed by atoms with Crippen molar-refractivity contribution < 1.29 is 19.1 Å². The Morgan fingerprint density at radius 2 is 1.69 bits per heavy atom. The third-order valence-electron chi connectivity index (χ3n) is 3.22. The molecule has 0 unspecified atom stereocenters. The van der Waals surface area contributed by atoms with Crippen LogP contribution in [0.3, 0.4) is 0 Å². The van der Waals surface area contributed by atoms with E-state index in [0.717, 1.165) is 11.3 Å². The van der Waals surface area contributed by atoms with Gasteiger partial charge in [-0.1, -0.05) is 12.1 Å². The van der Waals surface area contributed by atoms with E-state index in [0.29, 0.717) is 11.3 Å². The number of amides is 2. The molecule has 2 rings (SSSR count). The highest BCUT2D eigenvalue weighted by atomic mass is 16.5. The minimum atomic E-state index is -0.513. The number of carbonyl (C=O) groups excluding carboxylic acids is 2. The maximum Gasteiger partial charge on any atom is 0.276 e. The molecule has 0 aliphatic rings. The minimum absolute atomic E-state index is 0.269. The first-order valence-corrected chi connectivity index (χ1v) is 7.64. The number of benzene rings is 2. The fourth-order valence-electron chi connectivity index (χ4n) is 1.87. The Kier molecular flexibility index (Phi) is 6.77. The van der Waals surface area contributed by atoms with Crippen LogP contribution in [-0.2, 0) is 9.59 Å². The van der Waals surface area contributed by atoms with Crippen LogP contribution in [0.1, 0.15) is 11.1 Å². The second-order valence-corrected chi connectivity index (χ2v) is 5.07. The van der Waals surface area contributed by atoms with Gasteiger partial charge in [-0.3, -0.25) is 20.4 Å². The van der Waals surface area contributed by atoms with E-state index in [9.17, 15) is 9.59 Å². The highest BCUT2D eigenvalue weighted by Gasteiger charge is 2.04. The largest absolute Gasteiger partial charge is 0.497 e. The summed E-state index contributed by atoms with van der Waals surface area (Å²) in [6.45, 7) is -0.269. The van der Waals surface area contributed by atoms with Gasteiger partial charge in [0.15, 0.2) is 6.61 Å². The Morgan fingerprint density at radius 3 is 2.31 bits per heavy atom. The molecule has 132 valence electrons. The second kappa shape index (κ2) is 9.49. The number of methoxy groups -OCH3 is 1. The maximum absolute atomic E-state index is 11.7. The predicted octanol–water partition coefficient (Wildman–Crippen LogP) is 1.81. The molecule has 2 N–H and O–H groups in total. The van der Waals surface area contributed by atoms with Gasteiger partial charge >= 0.3 is 0 Å². The second-order valence-electron chi connectivity index (χ2n) is 5.07. The lowest BCUT2D eigenvalue weighted by Gasteiger charge is -2.07. The van der Waals surface area contributed by atoms with Gasteiger partial charge in [0.25, 0.3) is 11.8 Å².